The molecule has 0 aromatic carbocycles. The lowest BCUT2D eigenvalue weighted by atomic mass is 10.3. The zero-order valence-electron chi connectivity index (χ0n) is 10.3. The summed E-state index contributed by atoms with van der Waals surface area (Å²) in [5, 5.41) is 4.65. The Hall–Kier alpha value is -1.60. The smallest absolute Gasteiger partial charge is 0.343 e. The third-order valence-corrected chi connectivity index (χ3v) is 3.90. The van der Waals surface area contributed by atoms with Gasteiger partial charge in [0.1, 0.15) is 11.4 Å². The Balaban J connectivity index is 2.04. The number of aromatic nitrogens is 2. The monoisotopic (exact) mass is 295 g/mol. The average Bonchev–Trinajstić information content (AvgIpc) is 2.89. The van der Waals surface area contributed by atoms with Gasteiger partial charge in [-0.3, -0.25) is 0 Å². The first-order valence-electron chi connectivity index (χ1n) is 5.64. The quantitative estimate of drug-likeness (QED) is 0.519. The molecule has 2 heterocycles. The number of carbonyl (C=O) groups is 1. The molecular weight excluding hydrogens is 282 g/mol. The number of esters is 1. The molecule has 2 aromatic rings. The van der Waals surface area contributed by atoms with Gasteiger partial charge in [0.25, 0.3) is 0 Å². The van der Waals surface area contributed by atoms with E-state index in [1.54, 1.807) is 18.3 Å². The Morgan fingerprint density at radius 1 is 1.58 bits per heavy atom. The molecule has 19 heavy (non-hydrogen) atoms. The molecular formula is C12H13N3O2S2. The highest BCUT2D eigenvalue weighted by Gasteiger charge is 2.13. The van der Waals surface area contributed by atoms with E-state index in [9.17, 15) is 4.79 Å². The topological polar surface area (TPSA) is 78.1 Å². The highest BCUT2D eigenvalue weighted by atomic mass is 32.2. The van der Waals surface area contributed by atoms with Crippen molar-refractivity contribution in [2.45, 2.75) is 17.8 Å². The molecule has 0 aliphatic carbocycles. The summed E-state index contributed by atoms with van der Waals surface area (Å²) in [7, 11) is 0. The minimum Gasteiger partial charge on any atom is -0.462 e. The molecule has 2 N–H and O–H groups in total. The molecule has 0 unspecified atom stereocenters. The number of ether oxygens (including phenoxy) is 1. The van der Waals surface area contributed by atoms with Crippen LogP contribution in [0.4, 0.5) is 5.82 Å². The minimum absolute atomic E-state index is 0.154. The fourth-order valence-corrected chi connectivity index (χ4v) is 2.88. The van der Waals surface area contributed by atoms with Crippen LogP contribution >= 0.6 is 23.1 Å². The van der Waals surface area contributed by atoms with Gasteiger partial charge < -0.3 is 10.5 Å². The van der Waals surface area contributed by atoms with Crippen molar-refractivity contribution in [3.63, 3.8) is 0 Å². The molecule has 0 amide bonds. The number of hydrogen-bond donors (Lipinski definition) is 1. The molecule has 0 fully saturated rings. The van der Waals surface area contributed by atoms with Crippen molar-refractivity contribution in [3.05, 3.63) is 34.2 Å². The van der Waals surface area contributed by atoms with E-state index in [2.05, 4.69) is 15.3 Å². The maximum absolute atomic E-state index is 11.5. The Morgan fingerprint density at radius 3 is 3.05 bits per heavy atom. The molecule has 0 bridgehead atoms. The number of hydrogen-bond acceptors (Lipinski definition) is 7. The molecule has 0 radical (unpaired) electrons. The number of thiophene rings is 1. The van der Waals surface area contributed by atoms with E-state index in [0.29, 0.717) is 11.8 Å². The molecule has 0 atom stereocenters. The molecule has 0 saturated heterocycles. The summed E-state index contributed by atoms with van der Waals surface area (Å²) in [6, 6.07) is 2.05. The summed E-state index contributed by atoms with van der Waals surface area (Å²) >= 11 is 3.13. The first kappa shape index (κ1) is 13.8. The summed E-state index contributed by atoms with van der Waals surface area (Å²) in [5.74, 6) is 0.442. The van der Waals surface area contributed by atoms with Gasteiger partial charge in [0.2, 0.25) is 0 Å². The van der Waals surface area contributed by atoms with Crippen LogP contribution in [0.3, 0.4) is 0 Å². The summed E-state index contributed by atoms with van der Waals surface area (Å²) in [5.41, 5.74) is 7.16. The van der Waals surface area contributed by atoms with Gasteiger partial charge in [-0.2, -0.15) is 11.3 Å². The number of nitrogens with zero attached hydrogens (tertiary/aromatic N) is 2. The highest BCUT2D eigenvalue weighted by Crippen LogP contribution is 2.22. The van der Waals surface area contributed by atoms with Crippen LogP contribution in [0.25, 0.3) is 0 Å². The summed E-state index contributed by atoms with van der Waals surface area (Å²) < 4.78 is 4.86. The second kappa shape index (κ2) is 6.53. The lowest BCUT2D eigenvalue weighted by molar-refractivity contribution is 0.0526. The van der Waals surface area contributed by atoms with E-state index in [0.717, 1.165) is 5.75 Å². The third-order valence-electron chi connectivity index (χ3n) is 2.24. The van der Waals surface area contributed by atoms with Gasteiger partial charge in [-0.1, -0.05) is 11.8 Å². The van der Waals surface area contributed by atoms with Crippen LogP contribution in [0.1, 0.15) is 22.8 Å². The van der Waals surface area contributed by atoms with Crippen molar-refractivity contribution in [2.75, 3.05) is 12.3 Å². The Bertz CT molecular complexity index is 558. The molecule has 5 nitrogen and oxygen atoms in total. The lowest BCUT2D eigenvalue weighted by Gasteiger charge is -2.05. The van der Waals surface area contributed by atoms with Crippen molar-refractivity contribution in [3.8, 4) is 0 Å². The molecule has 0 aliphatic rings. The van der Waals surface area contributed by atoms with Gasteiger partial charge >= 0.3 is 5.97 Å². The van der Waals surface area contributed by atoms with Crippen molar-refractivity contribution in [2.24, 2.45) is 0 Å². The molecule has 100 valence electrons. The van der Waals surface area contributed by atoms with Gasteiger partial charge in [-0.05, 0) is 29.3 Å². The predicted molar refractivity (Wildman–Crippen MR) is 76.3 cm³/mol. The molecule has 0 saturated carbocycles. The number of rotatable bonds is 5. The van der Waals surface area contributed by atoms with Gasteiger partial charge in [0.15, 0.2) is 5.16 Å². The molecule has 7 heteroatoms. The van der Waals surface area contributed by atoms with E-state index in [-0.39, 0.29) is 11.4 Å². The third kappa shape index (κ3) is 3.68. The molecule has 2 rings (SSSR count). The first-order valence-corrected chi connectivity index (χ1v) is 7.57. The van der Waals surface area contributed by atoms with Crippen molar-refractivity contribution in [1.82, 2.24) is 9.97 Å². The average molecular weight is 295 g/mol. The van der Waals surface area contributed by atoms with Crippen molar-refractivity contribution >= 4 is 34.9 Å². The minimum atomic E-state index is -0.491. The highest BCUT2D eigenvalue weighted by molar-refractivity contribution is 7.98. The van der Waals surface area contributed by atoms with Gasteiger partial charge in [-0.15, -0.1) is 0 Å². The van der Waals surface area contributed by atoms with E-state index in [1.807, 2.05) is 11.4 Å². The summed E-state index contributed by atoms with van der Waals surface area (Å²) in [6.45, 7) is 2.03. The van der Waals surface area contributed by atoms with Gasteiger partial charge in [-0.25, -0.2) is 14.8 Å². The van der Waals surface area contributed by atoms with Crippen LogP contribution in [0, 0.1) is 0 Å². The van der Waals surface area contributed by atoms with Crippen LogP contribution in [0.5, 0.6) is 0 Å². The fraction of sp³-hybridized carbons (Fsp3) is 0.250. The van der Waals surface area contributed by atoms with Crippen LogP contribution in [0.15, 0.2) is 28.2 Å². The first-order chi connectivity index (χ1) is 9.20. The maximum atomic E-state index is 11.5. The molecule has 0 aliphatic heterocycles. The Morgan fingerprint density at radius 2 is 2.42 bits per heavy atom. The summed E-state index contributed by atoms with van der Waals surface area (Å²) in [4.78, 5) is 19.8. The number of thioether (sulfide) groups is 1. The fourth-order valence-electron chi connectivity index (χ4n) is 1.34. The lowest BCUT2D eigenvalue weighted by Crippen LogP contribution is -2.10. The number of anilines is 1. The van der Waals surface area contributed by atoms with E-state index in [1.165, 1.54) is 23.5 Å². The largest absolute Gasteiger partial charge is 0.462 e. The second-order valence-electron chi connectivity index (χ2n) is 3.59. The summed E-state index contributed by atoms with van der Waals surface area (Å²) in [6.07, 6.45) is 1.41. The van der Waals surface area contributed by atoms with E-state index >= 15 is 0 Å². The van der Waals surface area contributed by atoms with Crippen molar-refractivity contribution in [1.29, 1.82) is 0 Å². The second-order valence-corrected chi connectivity index (χ2v) is 5.31. The Labute approximate surface area is 119 Å². The van der Waals surface area contributed by atoms with Crippen LogP contribution in [0.2, 0.25) is 0 Å². The normalized spacial score (nSPS) is 10.4. The number of nitrogen functional groups attached to an aromatic ring is 1. The van der Waals surface area contributed by atoms with E-state index < -0.39 is 5.97 Å². The molecule has 0 spiro atoms. The van der Waals surface area contributed by atoms with Crippen LogP contribution in [-0.2, 0) is 10.5 Å². The van der Waals surface area contributed by atoms with Crippen molar-refractivity contribution < 1.29 is 9.53 Å². The van der Waals surface area contributed by atoms with Gasteiger partial charge in [0, 0.05) is 11.9 Å². The van der Waals surface area contributed by atoms with Crippen LogP contribution < -0.4 is 5.73 Å². The van der Waals surface area contributed by atoms with Crippen LogP contribution in [-0.4, -0.2) is 22.5 Å². The zero-order valence-corrected chi connectivity index (χ0v) is 12.0. The molecule has 2 aromatic heterocycles. The zero-order chi connectivity index (χ0) is 13.7. The standard InChI is InChI=1S/C12H13N3O2S2/c1-2-17-11(16)9-5-14-12(15-10(9)13)19-7-8-3-4-18-6-8/h3-6H,2,7H2,1H3,(H2,13,14,15). The SMILES string of the molecule is CCOC(=O)c1cnc(SCc2ccsc2)nc1N. The van der Waals surface area contributed by atoms with E-state index in [4.69, 9.17) is 10.5 Å². The Kier molecular flexibility index (Phi) is 4.75. The number of carbonyl (C=O) groups excluding carboxylic acids is 1. The maximum Gasteiger partial charge on any atom is 0.343 e. The van der Waals surface area contributed by atoms with Gasteiger partial charge in [0.05, 0.1) is 6.61 Å². The number of nitrogens with two attached hydrogens (primary N) is 1. The predicted octanol–water partition coefficient (Wildman–Crippen LogP) is 2.59.